The molecule has 0 fully saturated rings. The Hall–Kier alpha value is -2.18. The van der Waals surface area contributed by atoms with Crippen LogP contribution in [0.4, 0.5) is 8.78 Å². The van der Waals surface area contributed by atoms with Crippen molar-refractivity contribution in [3.63, 3.8) is 0 Å². The van der Waals surface area contributed by atoms with Crippen molar-refractivity contribution in [3.8, 4) is 0 Å². The number of azide groups is 1. The lowest BCUT2D eigenvalue weighted by Crippen LogP contribution is -2.49. The van der Waals surface area contributed by atoms with Crippen LogP contribution in [0.25, 0.3) is 10.4 Å². The maximum Gasteiger partial charge on any atom is 0.330 e. The second-order valence-corrected chi connectivity index (χ2v) is 4.45. The maximum absolute atomic E-state index is 13.9. The summed E-state index contributed by atoms with van der Waals surface area (Å²) in [4.78, 5) is 14.6. The zero-order valence-electron chi connectivity index (χ0n) is 11.8. The number of esters is 1. The number of benzene rings is 1. The molecule has 1 atom stereocenters. The van der Waals surface area contributed by atoms with E-state index >= 15 is 0 Å². The van der Waals surface area contributed by atoms with Gasteiger partial charge in [0.1, 0.15) is 17.2 Å². The van der Waals surface area contributed by atoms with Crippen molar-refractivity contribution in [2.45, 2.75) is 18.9 Å². The van der Waals surface area contributed by atoms with Gasteiger partial charge in [-0.2, -0.15) is 0 Å². The summed E-state index contributed by atoms with van der Waals surface area (Å²) < 4.78 is 32.5. The van der Waals surface area contributed by atoms with Crippen molar-refractivity contribution in [3.05, 3.63) is 45.8 Å². The molecular formula is C13H16F2N4O2. The van der Waals surface area contributed by atoms with E-state index in [0.717, 1.165) is 19.2 Å². The third-order valence-corrected chi connectivity index (χ3v) is 3.03. The highest BCUT2D eigenvalue weighted by Gasteiger charge is 2.40. The summed E-state index contributed by atoms with van der Waals surface area (Å²) in [5, 5.41) is 6.11. The molecular weight excluding hydrogens is 282 g/mol. The van der Waals surface area contributed by atoms with Gasteiger partial charge < -0.3 is 4.74 Å². The van der Waals surface area contributed by atoms with Crippen LogP contribution in [-0.4, -0.2) is 26.2 Å². The van der Waals surface area contributed by atoms with E-state index < -0.39 is 28.7 Å². The normalized spacial score (nSPS) is 13.1. The first-order chi connectivity index (χ1) is 9.97. The van der Waals surface area contributed by atoms with Crippen molar-refractivity contribution < 1.29 is 18.3 Å². The van der Waals surface area contributed by atoms with E-state index in [2.05, 4.69) is 20.1 Å². The molecule has 0 aromatic heterocycles. The summed E-state index contributed by atoms with van der Waals surface area (Å²) in [5.41, 5.74) is 6.10. The lowest BCUT2D eigenvalue weighted by Gasteiger charge is -2.29. The number of carbonyl (C=O) groups excluding carboxylic acids is 1. The Kier molecular flexibility index (Phi) is 6.08. The molecule has 8 heteroatoms. The summed E-state index contributed by atoms with van der Waals surface area (Å²) in [6.45, 7) is 1.77. The van der Waals surface area contributed by atoms with Crippen molar-refractivity contribution in [2.75, 3.05) is 20.2 Å². The summed E-state index contributed by atoms with van der Waals surface area (Å²) in [6, 6.07) is 3.36. The molecule has 1 unspecified atom stereocenters. The first-order valence-electron chi connectivity index (χ1n) is 6.26. The predicted molar refractivity (Wildman–Crippen MR) is 72.4 cm³/mol. The van der Waals surface area contributed by atoms with Crippen LogP contribution in [-0.2, 0) is 15.1 Å². The lowest BCUT2D eigenvalue weighted by atomic mass is 9.90. The van der Waals surface area contributed by atoms with Crippen LogP contribution in [0.5, 0.6) is 0 Å². The van der Waals surface area contributed by atoms with Gasteiger partial charge in [-0.05, 0) is 37.6 Å². The van der Waals surface area contributed by atoms with Crippen molar-refractivity contribution in [1.29, 1.82) is 0 Å². The molecule has 0 spiro atoms. The molecule has 1 N–H and O–H groups in total. The number of halogens is 2. The molecule has 21 heavy (non-hydrogen) atoms. The molecule has 0 bridgehead atoms. The van der Waals surface area contributed by atoms with Gasteiger partial charge in [-0.3, -0.25) is 5.32 Å². The number of rotatable bonds is 7. The minimum atomic E-state index is -1.67. The molecule has 114 valence electrons. The quantitative estimate of drug-likeness (QED) is 0.276. The monoisotopic (exact) mass is 298 g/mol. The highest BCUT2D eigenvalue weighted by molar-refractivity contribution is 5.82. The summed E-state index contributed by atoms with van der Waals surface area (Å²) in [5.74, 6) is -2.49. The van der Waals surface area contributed by atoms with Gasteiger partial charge in [-0.1, -0.05) is 11.2 Å². The number of nitrogens with zero attached hydrogens (tertiary/aromatic N) is 3. The van der Waals surface area contributed by atoms with E-state index in [1.165, 1.54) is 13.0 Å². The number of nitrogens with one attached hydrogen (secondary N) is 1. The Balaban J connectivity index is 3.04. The summed E-state index contributed by atoms with van der Waals surface area (Å²) in [7, 11) is 1.14. The van der Waals surface area contributed by atoms with Gasteiger partial charge in [0, 0.05) is 11.5 Å². The first-order valence-corrected chi connectivity index (χ1v) is 6.26. The highest BCUT2D eigenvalue weighted by Crippen LogP contribution is 2.27. The smallest absolute Gasteiger partial charge is 0.330 e. The third-order valence-electron chi connectivity index (χ3n) is 3.03. The van der Waals surface area contributed by atoms with Gasteiger partial charge in [0.25, 0.3) is 0 Å². The van der Waals surface area contributed by atoms with Gasteiger partial charge >= 0.3 is 5.97 Å². The van der Waals surface area contributed by atoms with E-state index in [0.29, 0.717) is 6.42 Å². The zero-order valence-corrected chi connectivity index (χ0v) is 11.8. The number of methoxy groups -OCH3 is 1. The van der Waals surface area contributed by atoms with Crippen LogP contribution in [0, 0.1) is 11.6 Å². The minimum Gasteiger partial charge on any atom is -0.467 e. The van der Waals surface area contributed by atoms with Crippen LogP contribution in [0.15, 0.2) is 23.3 Å². The fraction of sp³-hybridized carbons (Fsp3) is 0.462. The number of ether oxygens (including phenoxy) is 1. The molecule has 0 heterocycles. The van der Waals surface area contributed by atoms with E-state index in [-0.39, 0.29) is 13.1 Å². The molecule has 0 saturated heterocycles. The fourth-order valence-electron chi connectivity index (χ4n) is 1.98. The topological polar surface area (TPSA) is 87.1 Å². The van der Waals surface area contributed by atoms with Gasteiger partial charge in [-0.15, -0.1) is 0 Å². The average Bonchev–Trinajstić information content (AvgIpc) is 2.46. The molecule has 0 aliphatic heterocycles. The van der Waals surface area contributed by atoms with Crippen molar-refractivity contribution in [1.82, 2.24) is 5.32 Å². The minimum absolute atomic E-state index is 0.209. The van der Waals surface area contributed by atoms with Crippen LogP contribution >= 0.6 is 0 Å². The van der Waals surface area contributed by atoms with Gasteiger partial charge in [0.15, 0.2) is 0 Å². The second kappa shape index (κ2) is 7.56. The zero-order chi connectivity index (χ0) is 15.9. The van der Waals surface area contributed by atoms with Crippen LogP contribution < -0.4 is 5.32 Å². The largest absolute Gasteiger partial charge is 0.467 e. The molecule has 1 aromatic carbocycles. The second-order valence-electron chi connectivity index (χ2n) is 4.45. The number of carbonyl (C=O) groups is 1. The summed E-state index contributed by atoms with van der Waals surface area (Å²) in [6.07, 6.45) is 0.409. The third kappa shape index (κ3) is 3.90. The Morgan fingerprint density at radius 2 is 2.10 bits per heavy atom. The Morgan fingerprint density at radius 1 is 1.48 bits per heavy atom. The van der Waals surface area contributed by atoms with E-state index in [1.54, 1.807) is 0 Å². The van der Waals surface area contributed by atoms with Crippen molar-refractivity contribution >= 4 is 5.97 Å². The average molecular weight is 298 g/mol. The molecule has 0 aliphatic carbocycles. The maximum atomic E-state index is 13.9. The molecule has 1 aromatic rings. The van der Waals surface area contributed by atoms with Crippen LogP contribution in [0.2, 0.25) is 0 Å². The number of hydrogen-bond acceptors (Lipinski definition) is 4. The van der Waals surface area contributed by atoms with Crippen LogP contribution in [0.3, 0.4) is 0 Å². The Labute approximate surface area is 120 Å². The Morgan fingerprint density at radius 3 is 2.62 bits per heavy atom. The molecule has 0 aliphatic rings. The van der Waals surface area contributed by atoms with E-state index in [1.807, 2.05) is 0 Å². The van der Waals surface area contributed by atoms with Crippen molar-refractivity contribution in [2.24, 2.45) is 5.11 Å². The Bertz CT molecular complexity index is 541. The molecule has 6 nitrogen and oxygen atoms in total. The molecule has 0 amide bonds. The number of hydrogen-bond donors (Lipinski definition) is 1. The molecule has 0 radical (unpaired) electrons. The van der Waals surface area contributed by atoms with Crippen LogP contribution in [0.1, 0.15) is 18.9 Å². The van der Waals surface area contributed by atoms with Gasteiger partial charge in [0.2, 0.25) is 0 Å². The summed E-state index contributed by atoms with van der Waals surface area (Å²) >= 11 is 0. The predicted octanol–water partition coefficient (Wildman–Crippen LogP) is 2.64. The lowest BCUT2D eigenvalue weighted by molar-refractivity contribution is -0.148. The first kappa shape index (κ1) is 16.9. The highest BCUT2D eigenvalue weighted by atomic mass is 19.1. The van der Waals surface area contributed by atoms with Gasteiger partial charge in [0.05, 0.1) is 12.7 Å². The standard InChI is InChI=1S/C13H16F2N4O2/c1-13(12(20)21-2,17-7-4-8-18-19-16)11-9(14)5-3-6-10(11)15/h3,5-6,17H,4,7-8H2,1-2H3. The fourth-order valence-corrected chi connectivity index (χ4v) is 1.98. The molecule has 0 saturated carbocycles. The molecule has 1 rings (SSSR count). The van der Waals surface area contributed by atoms with E-state index in [9.17, 15) is 13.6 Å². The van der Waals surface area contributed by atoms with Gasteiger partial charge in [-0.25, -0.2) is 13.6 Å². The van der Waals surface area contributed by atoms with E-state index in [4.69, 9.17) is 5.53 Å². The SMILES string of the molecule is COC(=O)C(C)(NCCCN=[N+]=[N-])c1c(F)cccc1F.